The van der Waals surface area contributed by atoms with E-state index in [2.05, 4.69) is 18.3 Å². The molecular weight excluding hydrogens is 346 g/mol. The van der Waals surface area contributed by atoms with Gasteiger partial charge in [0.25, 0.3) is 5.91 Å². The lowest BCUT2D eigenvalue weighted by Crippen LogP contribution is -2.10. The van der Waals surface area contributed by atoms with E-state index in [1.54, 1.807) is 13.2 Å². The molecule has 1 N–H and O–H groups in total. The fourth-order valence-electron chi connectivity index (χ4n) is 2.59. The van der Waals surface area contributed by atoms with Gasteiger partial charge in [-0.15, -0.1) is 11.3 Å². The molecule has 1 heterocycles. The van der Waals surface area contributed by atoms with E-state index in [1.807, 2.05) is 48.7 Å². The number of methoxy groups -OCH3 is 1. The molecule has 1 aromatic heterocycles. The molecule has 3 aromatic rings. The van der Waals surface area contributed by atoms with Crippen molar-refractivity contribution in [2.24, 2.45) is 0 Å². The van der Waals surface area contributed by atoms with E-state index in [4.69, 9.17) is 9.47 Å². The molecule has 4 nitrogen and oxygen atoms in total. The first kappa shape index (κ1) is 18.0. The zero-order chi connectivity index (χ0) is 18.5. The number of benzene rings is 2. The molecule has 0 aliphatic heterocycles. The summed E-state index contributed by atoms with van der Waals surface area (Å²) in [5, 5.41) is 4.83. The topological polar surface area (TPSA) is 47.6 Å². The van der Waals surface area contributed by atoms with E-state index in [-0.39, 0.29) is 5.91 Å². The van der Waals surface area contributed by atoms with Crippen molar-refractivity contribution >= 4 is 22.9 Å². The molecule has 0 unspecified atom stereocenters. The smallest absolute Gasteiger partial charge is 0.265 e. The van der Waals surface area contributed by atoms with Gasteiger partial charge in [-0.3, -0.25) is 4.79 Å². The Balaban J connectivity index is 1.62. The van der Waals surface area contributed by atoms with Gasteiger partial charge in [-0.2, -0.15) is 0 Å². The van der Waals surface area contributed by atoms with E-state index in [0.29, 0.717) is 22.9 Å². The molecule has 0 aliphatic rings. The fourth-order valence-corrected chi connectivity index (χ4v) is 3.38. The third-order valence-electron chi connectivity index (χ3n) is 3.93. The van der Waals surface area contributed by atoms with Gasteiger partial charge in [-0.25, -0.2) is 0 Å². The molecule has 0 atom stereocenters. The largest absolute Gasteiger partial charge is 0.497 e. The highest BCUT2D eigenvalue weighted by molar-refractivity contribution is 7.12. The minimum Gasteiger partial charge on any atom is -0.497 e. The second-order valence-corrected chi connectivity index (χ2v) is 6.97. The van der Waals surface area contributed by atoms with Crippen LogP contribution in [0.1, 0.15) is 26.4 Å². The molecule has 134 valence electrons. The lowest BCUT2D eigenvalue weighted by atomic mass is 10.1. The van der Waals surface area contributed by atoms with Crippen molar-refractivity contribution in [3.63, 3.8) is 0 Å². The molecule has 26 heavy (non-hydrogen) atoms. The van der Waals surface area contributed by atoms with E-state index >= 15 is 0 Å². The van der Waals surface area contributed by atoms with Crippen molar-refractivity contribution in [3.8, 4) is 11.5 Å². The third kappa shape index (κ3) is 4.43. The Bertz CT molecular complexity index is 917. The molecule has 0 fully saturated rings. The first-order valence-corrected chi connectivity index (χ1v) is 9.16. The number of aryl methyl sites for hydroxylation is 2. The maximum absolute atomic E-state index is 12.4. The Morgan fingerprint density at radius 1 is 1.12 bits per heavy atom. The minimum absolute atomic E-state index is 0.138. The second-order valence-electron chi connectivity index (χ2n) is 6.06. The van der Waals surface area contributed by atoms with Crippen molar-refractivity contribution in [3.05, 3.63) is 75.5 Å². The van der Waals surface area contributed by atoms with E-state index in [0.717, 1.165) is 16.9 Å². The maximum atomic E-state index is 12.4. The lowest BCUT2D eigenvalue weighted by molar-refractivity contribution is 0.103. The van der Waals surface area contributed by atoms with Gasteiger partial charge in [0.05, 0.1) is 12.0 Å². The number of hydrogen-bond donors (Lipinski definition) is 1. The highest BCUT2D eigenvalue weighted by Crippen LogP contribution is 2.23. The average molecular weight is 367 g/mol. The van der Waals surface area contributed by atoms with Gasteiger partial charge in [0, 0.05) is 17.3 Å². The number of carbonyl (C=O) groups excluding carboxylic acids is 1. The van der Waals surface area contributed by atoms with Crippen molar-refractivity contribution < 1.29 is 14.3 Å². The quantitative estimate of drug-likeness (QED) is 0.651. The van der Waals surface area contributed by atoms with Crippen LogP contribution >= 0.6 is 11.3 Å². The minimum atomic E-state index is -0.138. The van der Waals surface area contributed by atoms with Gasteiger partial charge in [0.15, 0.2) is 0 Å². The highest BCUT2D eigenvalue weighted by Gasteiger charge is 2.11. The molecule has 0 saturated carbocycles. The number of hydrogen-bond acceptors (Lipinski definition) is 4. The Morgan fingerprint density at radius 3 is 2.73 bits per heavy atom. The molecule has 2 aromatic carbocycles. The Labute approximate surface area is 157 Å². The number of rotatable bonds is 6. The summed E-state index contributed by atoms with van der Waals surface area (Å²) >= 11 is 1.41. The first-order chi connectivity index (χ1) is 12.5. The van der Waals surface area contributed by atoms with Crippen LogP contribution in [0.5, 0.6) is 11.5 Å². The molecule has 3 rings (SSSR count). The Hall–Kier alpha value is -2.79. The SMILES string of the molecule is COc1cccc(NC(=O)c2cc(COc3ccc(C)cc3C)cs2)c1. The number of carbonyl (C=O) groups is 1. The predicted octanol–water partition coefficient (Wildman–Crippen LogP) is 5.20. The summed E-state index contributed by atoms with van der Waals surface area (Å²) in [4.78, 5) is 13.1. The van der Waals surface area contributed by atoms with Crippen molar-refractivity contribution in [2.45, 2.75) is 20.5 Å². The summed E-state index contributed by atoms with van der Waals surface area (Å²) in [6.07, 6.45) is 0. The van der Waals surface area contributed by atoms with Crippen LogP contribution in [0.4, 0.5) is 5.69 Å². The van der Waals surface area contributed by atoms with Crippen LogP contribution in [0.15, 0.2) is 53.9 Å². The summed E-state index contributed by atoms with van der Waals surface area (Å²) in [6, 6.07) is 15.3. The van der Waals surface area contributed by atoms with E-state index < -0.39 is 0 Å². The van der Waals surface area contributed by atoms with Gasteiger partial charge < -0.3 is 14.8 Å². The lowest BCUT2D eigenvalue weighted by Gasteiger charge is -2.08. The molecule has 0 bridgehead atoms. The summed E-state index contributed by atoms with van der Waals surface area (Å²) in [7, 11) is 1.60. The molecular formula is C21H21NO3S. The highest BCUT2D eigenvalue weighted by atomic mass is 32.1. The number of thiophene rings is 1. The van der Waals surface area contributed by atoms with Gasteiger partial charge >= 0.3 is 0 Å². The van der Waals surface area contributed by atoms with Crippen molar-refractivity contribution in [1.82, 2.24) is 0 Å². The van der Waals surface area contributed by atoms with Crippen molar-refractivity contribution in [1.29, 1.82) is 0 Å². The van der Waals surface area contributed by atoms with Crippen LogP contribution in [0.3, 0.4) is 0 Å². The molecule has 0 radical (unpaired) electrons. The van der Waals surface area contributed by atoms with E-state index in [9.17, 15) is 4.79 Å². The Kier molecular flexibility index (Phi) is 5.58. The van der Waals surface area contributed by atoms with Gasteiger partial charge in [0.1, 0.15) is 18.1 Å². The molecule has 5 heteroatoms. The second kappa shape index (κ2) is 8.06. The average Bonchev–Trinajstić information content (AvgIpc) is 3.10. The maximum Gasteiger partial charge on any atom is 0.265 e. The molecule has 0 spiro atoms. The number of nitrogens with one attached hydrogen (secondary N) is 1. The Morgan fingerprint density at radius 2 is 1.96 bits per heavy atom. The first-order valence-electron chi connectivity index (χ1n) is 8.28. The molecule has 1 amide bonds. The van der Waals surface area contributed by atoms with Gasteiger partial charge in [-0.05, 0) is 49.1 Å². The number of anilines is 1. The number of ether oxygens (including phenoxy) is 2. The fraction of sp³-hybridized carbons (Fsp3) is 0.190. The van der Waals surface area contributed by atoms with Crippen LogP contribution in [0, 0.1) is 13.8 Å². The molecule has 0 saturated heterocycles. The number of amides is 1. The van der Waals surface area contributed by atoms with Crippen LogP contribution in [0.25, 0.3) is 0 Å². The van der Waals surface area contributed by atoms with Crippen LogP contribution in [-0.4, -0.2) is 13.0 Å². The standard InChI is InChI=1S/C21H21NO3S/c1-14-7-8-19(15(2)9-14)25-12-16-10-20(26-13-16)21(23)22-17-5-4-6-18(11-17)24-3/h4-11,13H,12H2,1-3H3,(H,22,23). The predicted molar refractivity (Wildman–Crippen MR) is 106 cm³/mol. The molecule has 0 aliphatic carbocycles. The van der Waals surface area contributed by atoms with Crippen LogP contribution in [0.2, 0.25) is 0 Å². The summed E-state index contributed by atoms with van der Waals surface area (Å²) in [5.74, 6) is 1.43. The summed E-state index contributed by atoms with van der Waals surface area (Å²) < 4.78 is 11.0. The zero-order valence-corrected chi connectivity index (χ0v) is 15.9. The summed E-state index contributed by atoms with van der Waals surface area (Å²) in [6.45, 7) is 4.53. The van der Waals surface area contributed by atoms with Gasteiger partial charge in [-0.1, -0.05) is 23.8 Å². The van der Waals surface area contributed by atoms with Crippen molar-refractivity contribution in [2.75, 3.05) is 12.4 Å². The normalized spacial score (nSPS) is 10.4. The zero-order valence-electron chi connectivity index (χ0n) is 15.0. The van der Waals surface area contributed by atoms with Gasteiger partial charge in [0.2, 0.25) is 0 Å². The summed E-state index contributed by atoms with van der Waals surface area (Å²) in [5.41, 5.74) is 4.00. The monoisotopic (exact) mass is 367 g/mol. The van der Waals surface area contributed by atoms with Crippen LogP contribution < -0.4 is 14.8 Å². The third-order valence-corrected chi connectivity index (χ3v) is 4.91. The van der Waals surface area contributed by atoms with E-state index in [1.165, 1.54) is 16.9 Å². The van der Waals surface area contributed by atoms with Crippen LogP contribution in [-0.2, 0) is 6.61 Å².